The van der Waals surface area contributed by atoms with Gasteiger partial charge in [-0.15, -0.1) is 0 Å². The first-order valence-corrected chi connectivity index (χ1v) is 14.4. The van der Waals surface area contributed by atoms with E-state index in [1.165, 1.54) is 18.2 Å². The number of para-hydroxylation sites is 1. The highest BCUT2D eigenvalue weighted by Gasteiger charge is 2.36. The summed E-state index contributed by atoms with van der Waals surface area (Å²) in [6.45, 7) is 5.12. The van der Waals surface area contributed by atoms with E-state index >= 15 is 0 Å². The SMILES string of the molecule is CC(C)(C(=O)N1CCN(C(=O)c2ccc(NS(=O)(=O)c3cccc4cccnc34)cc2)CC1)c1ccc(F)cc1. The van der Waals surface area contributed by atoms with Crippen LogP contribution in [0, 0.1) is 5.82 Å². The summed E-state index contributed by atoms with van der Waals surface area (Å²) >= 11 is 0. The van der Waals surface area contributed by atoms with Crippen molar-refractivity contribution in [1.82, 2.24) is 14.8 Å². The van der Waals surface area contributed by atoms with E-state index in [4.69, 9.17) is 0 Å². The number of nitrogens with zero attached hydrogens (tertiary/aromatic N) is 3. The largest absolute Gasteiger partial charge is 0.338 e. The number of sulfonamides is 1. The molecule has 10 heteroatoms. The van der Waals surface area contributed by atoms with Crippen LogP contribution in [-0.4, -0.2) is 61.2 Å². The van der Waals surface area contributed by atoms with Crippen LogP contribution in [0.1, 0.15) is 29.8 Å². The smallest absolute Gasteiger partial charge is 0.264 e. The van der Waals surface area contributed by atoms with Gasteiger partial charge in [-0.2, -0.15) is 0 Å². The molecule has 3 aromatic carbocycles. The van der Waals surface area contributed by atoms with E-state index in [1.807, 2.05) is 13.8 Å². The van der Waals surface area contributed by atoms with Gasteiger partial charge in [-0.05, 0) is 67.9 Å². The van der Waals surface area contributed by atoms with Crippen molar-refractivity contribution in [2.75, 3.05) is 30.9 Å². The molecule has 0 atom stereocenters. The number of carbonyl (C=O) groups excluding carboxylic acids is 2. The molecule has 0 radical (unpaired) electrons. The monoisotopic (exact) mass is 560 g/mol. The first kappa shape index (κ1) is 27.3. The second kappa shape index (κ2) is 10.7. The van der Waals surface area contributed by atoms with Crippen molar-refractivity contribution >= 4 is 38.4 Å². The number of benzene rings is 3. The van der Waals surface area contributed by atoms with Crippen LogP contribution in [-0.2, 0) is 20.2 Å². The third kappa shape index (κ3) is 5.40. The van der Waals surface area contributed by atoms with E-state index in [1.54, 1.807) is 76.7 Å². The van der Waals surface area contributed by atoms with E-state index in [0.717, 1.165) is 5.56 Å². The topological polar surface area (TPSA) is 99.7 Å². The van der Waals surface area contributed by atoms with E-state index in [0.29, 0.717) is 48.3 Å². The van der Waals surface area contributed by atoms with Crippen LogP contribution in [0.3, 0.4) is 0 Å². The molecule has 0 aliphatic carbocycles. The zero-order valence-electron chi connectivity index (χ0n) is 22.2. The summed E-state index contributed by atoms with van der Waals surface area (Å²) in [6.07, 6.45) is 1.55. The maximum Gasteiger partial charge on any atom is 0.264 e. The molecule has 1 aliphatic heterocycles. The van der Waals surface area contributed by atoms with Crippen molar-refractivity contribution in [3.8, 4) is 0 Å². The molecule has 40 heavy (non-hydrogen) atoms. The molecule has 5 rings (SSSR count). The first-order chi connectivity index (χ1) is 19.1. The summed E-state index contributed by atoms with van der Waals surface area (Å²) in [4.78, 5) is 34.1. The van der Waals surface area contributed by atoms with E-state index in [-0.39, 0.29) is 22.5 Å². The second-order valence-electron chi connectivity index (χ2n) is 10.2. The summed E-state index contributed by atoms with van der Waals surface area (Å²) in [5, 5.41) is 0.715. The normalized spacial score (nSPS) is 14.3. The number of aromatic nitrogens is 1. The molecule has 0 bridgehead atoms. The van der Waals surface area contributed by atoms with Crippen LogP contribution >= 0.6 is 0 Å². The zero-order valence-corrected chi connectivity index (χ0v) is 23.0. The average molecular weight is 561 g/mol. The minimum absolute atomic E-state index is 0.0702. The molecular weight excluding hydrogens is 531 g/mol. The van der Waals surface area contributed by atoms with Crippen LogP contribution in [0.25, 0.3) is 10.9 Å². The Kier molecular flexibility index (Phi) is 7.29. The van der Waals surface area contributed by atoms with Crippen LogP contribution in [0.15, 0.2) is 90.0 Å². The number of rotatable bonds is 6. The molecule has 0 spiro atoms. The van der Waals surface area contributed by atoms with E-state index in [2.05, 4.69) is 9.71 Å². The number of carbonyl (C=O) groups is 2. The third-order valence-electron chi connectivity index (χ3n) is 7.22. The molecule has 8 nitrogen and oxygen atoms in total. The van der Waals surface area contributed by atoms with Gasteiger partial charge in [0.2, 0.25) is 5.91 Å². The Hall–Kier alpha value is -4.31. The molecule has 4 aromatic rings. The molecule has 0 saturated carbocycles. The number of hydrogen-bond acceptors (Lipinski definition) is 5. The summed E-state index contributed by atoms with van der Waals surface area (Å²) in [6, 6.07) is 20.7. The van der Waals surface area contributed by atoms with Gasteiger partial charge in [0, 0.05) is 49.0 Å². The number of amides is 2. The third-order valence-corrected chi connectivity index (χ3v) is 8.64. The highest BCUT2D eigenvalue weighted by atomic mass is 32.2. The second-order valence-corrected chi connectivity index (χ2v) is 11.9. The number of anilines is 1. The van der Waals surface area contributed by atoms with Gasteiger partial charge in [0.25, 0.3) is 15.9 Å². The lowest BCUT2D eigenvalue weighted by atomic mass is 9.83. The summed E-state index contributed by atoms with van der Waals surface area (Å²) in [5.41, 5.74) is 1.02. The van der Waals surface area contributed by atoms with Gasteiger partial charge in [-0.3, -0.25) is 19.3 Å². The first-order valence-electron chi connectivity index (χ1n) is 12.9. The number of piperazine rings is 1. The maximum atomic E-state index is 13.3. The van der Waals surface area contributed by atoms with Gasteiger partial charge in [-0.25, -0.2) is 12.8 Å². The average Bonchev–Trinajstić information content (AvgIpc) is 2.96. The summed E-state index contributed by atoms with van der Waals surface area (Å²) < 4.78 is 42.0. The standard InChI is InChI=1S/C30H29FN4O4S/c1-30(2,23-10-12-24(31)13-11-23)29(37)35-19-17-34(18-20-35)28(36)22-8-14-25(15-9-22)33-40(38,39)26-7-3-5-21-6-4-16-32-27(21)26/h3-16,33H,17-20H2,1-2H3. The van der Waals surface area contributed by atoms with Crippen LogP contribution in [0.4, 0.5) is 10.1 Å². The minimum atomic E-state index is -3.91. The molecule has 1 saturated heterocycles. The van der Waals surface area contributed by atoms with Crippen molar-refractivity contribution < 1.29 is 22.4 Å². The van der Waals surface area contributed by atoms with Gasteiger partial charge >= 0.3 is 0 Å². The van der Waals surface area contributed by atoms with Crippen molar-refractivity contribution in [2.24, 2.45) is 0 Å². The Morgan fingerprint density at radius 2 is 1.48 bits per heavy atom. The van der Waals surface area contributed by atoms with Crippen LogP contribution < -0.4 is 4.72 Å². The Balaban J connectivity index is 1.22. The van der Waals surface area contributed by atoms with Gasteiger partial charge < -0.3 is 9.80 Å². The molecule has 1 aliphatic rings. The maximum absolute atomic E-state index is 13.3. The van der Waals surface area contributed by atoms with Gasteiger partial charge in [0.1, 0.15) is 10.7 Å². The molecule has 1 fully saturated rings. The number of halogens is 1. The summed E-state index contributed by atoms with van der Waals surface area (Å²) in [7, 11) is -3.91. The Morgan fingerprint density at radius 3 is 2.15 bits per heavy atom. The molecule has 2 amide bonds. The van der Waals surface area contributed by atoms with E-state index in [9.17, 15) is 22.4 Å². The van der Waals surface area contributed by atoms with E-state index < -0.39 is 15.4 Å². The molecule has 1 aromatic heterocycles. The number of pyridine rings is 1. The lowest BCUT2D eigenvalue weighted by Crippen LogP contribution is -2.54. The van der Waals surface area contributed by atoms with Crippen molar-refractivity contribution in [3.05, 3.63) is 102 Å². The number of nitrogens with one attached hydrogen (secondary N) is 1. The number of fused-ring (bicyclic) bond motifs is 1. The van der Waals surface area contributed by atoms with Crippen LogP contribution in [0.2, 0.25) is 0 Å². The lowest BCUT2D eigenvalue weighted by Gasteiger charge is -2.38. The van der Waals surface area contributed by atoms with Gasteiger partial charge in [0.05, 0.1) is 10.9 Å². The Bertz CT molecular complexity index is 1660. The van der Waals surface area contributed by atoms with Crippen molar-refractivity contribution in [2.45, 2.75) is 24.2 Å². The molecule has 2 heterocycles. The predicted octanol–water partition coefficient (Wildman–Crippen LogP) is 4.44. The Morgan fingerprint density at radius 1 is 0.850 bits per heavy atom. The van der Waals surface area contributed by atoms with Crippen LogP contribution in [0.5, 0.6) is 0 Å². The molecule has 1 N–H and O–H groups in total. The number of hydrogen-bond donors (Lipinski definition) is 1. The zero-order chi connectivity index (χ0) is 28.5. The van der Waals surface area contributed by atoms with Gasteiger partial charge in [0.15, 0.2) is 0 Å². The summed E-state index contributed by atoms with van der Waals surface area (Å²) in [5.74, 6) is -0.631. The van der Waals surface area contributed by atoms with Crippen molar-refractivity contribution in [3.63, 3.8) is 0 Å². The fourth-order valence-corrected chi connectivity index (χ4v) is 6.10. The highest BCUT2D eigenvalue weighted by molar-refractivity contribution is 7.93. The lowest BCUT2D eigenvalue weighted by molar-refractivity contribution is -0.137. The highest BCUT2D eigenvalue weighted by Crippen LogP contribution is 2.27. The fourth-order valence-electron chi connectivity index (χ4n) is 4.86. The van der Waals surface area contributed by atoms with Gasteiger partial charge in [-0.1, -0.05) is 30.3 Å². The minimum Gasteiger partial charge on any atom is -0.338 e. The molecule has 0 unspecified atom stereocenters. The Labute approximate surface area is 232 Å². The quantitative estimate of drug-likeness (QED) is 0.376. The predicted molar refractivity (Wildman–Crippen MR) is 151 cm³/mol. The molecule has 206 valence electrons. The fraction of sp³-hybridized carbons (Fsp3) is 0.233. The molecular formula is C30H29FN4O4S. The van der Waals surface area contributed by atoms with Crippen molar-refractivity contribution in [1.29, 1.82) is 0 Å².